The van der Waals surface area contributed by atoms with E-state index in [2.05, 4.69) is 3.63 Å². The van der Waals surface area contributed by atoms with Gasteiger partial charge in [-0.25, -0.2) is 4.39 Å². The maximum absolute atomic E-state index is 12.7. The second-order valence-electron chi connectivity index (χ2n) is 4.30. The third-order valence-electron chi connectivity index (χ3n) is 2.52. The third kappa shape index (κ3) is 8.36. The van der Waals surface area contributed by atoms with E-state index in [0.717, 1.165) is 12.8 Å². The van der Waals surface area contributed by atoms with E-state index in [-0.39, 0.29) is 5.82 Å². The van der Waals surface area contributed by atoms with Gasteiger partial charge in [-0.1, -0.05) is 6.92 Å². The summed E-state index contributed by atoms with van der Waals surface area (Å²) in [4.78, 5) is 0. The normalized spacial score (nSPS) is 13.2. The van der Waals surface area contributed by atoms with Crippen molar-refractivity contribution in [1.82, 2.24) is 0 Å². The van der Waals surface area contributed by atoms with Crippen molar-refractivity contribution >= 4 is 22.4 Å². The molecule has 1 unspecified atom stereocenters. The number of ether oxygens (including phenoxy) is 1. The minimum absolute atomic E-state index is 0.304. The Balaban J connectivity index is 2.11. The Morgan fingerprint density at radius 3 is 2.55 bits per heavy atom. The quantitative estimate of drug-likeness (QED) is 0.427. The minimum Gasteiger partial charge on any atom is -0.494 e. The summed E-state index contributed by atoms with van der Waals surface area (Å²) in [6.45, 7) is 2.50. The van der Waals surface area contributed by atoms with Crippen molar-refractivity contribution in [2.75, 3.05) is 12.4 Å². The topological polar surface area (TPSA) is 72.8 Å². The van der Waals surface area contributed by atoms with Crippen LogP contribution in [0.1, 0.15) is 19.8 Å². The van der Waals surface area contributed by atoms with Crippen LogP contribution >= 0.6 is 12.0 Å². The van der Waals surface area contributed by atoms with Crippen LogP contribution in [0.4, 0.5) is 4.39 Å². The van der Waals surface area contributed by atoms with Gasteiger partial charge < -0.3 is 4.74 Å². The molecule has 0 heterocycles. The van der Waals surface area contributed by atoms with Crippen molar-refractivity contribution in [3.05, 3.63) is 30.1 Å². The van der Waals surface area contributed by atoms with Crippen molar-refractivity contribution in [3.63, 3.8) is 0 Å². The number of benzene rings is 1. The van der Waals surface area contributed by atoms with Crippen LogP contribution in [0.3, 0.4) is 0 Å². The molecule has 0 spiro atoms. The first kappa shape index (κ1) is 17.2. The van der Waals surface area contributed by atoms with E-state index in [1.165, 1.54) is 12.1 Å². The molecule has 114 valence electrons. The average molecular weight is 324 g/mol. The van der Waals surface area contributed by atoms with Crippen LogP contribution in [-0.4, -0.2) is 25.3 Å². The van der Waals surface area contributed by atoms with Crippen LogP contribution in [0.5, 0.6) is 5.75 Å². The zero-order chi connectivity index (χ0) is 15.0. The van der Waals surface area contributed by atoms with Gasteiger partial charge in [-0.15, -0.1) is 0 Å². The highest BCUT2D eigenvalue weighted by Crippen LogP contribution is 2.16. The second kappa shape index (κ2) is 8.46. The largest absolute Gasteiger partial charge is 0.494 e. The standard InChI is InChI=1S/C12H17FO5S2/c1-10(7-9-19-18-20(14,15)16)6-8-17-12-4-2-11(13)3-5-12/h2-5,10H,6-9H2,1H3,(H,14,15,16). The summed E-state index contributed by atoms with van der Waals surface area (Å²) in [6, 6.07) is 5.80. The molecular formula is C12H17FO5S2. The Morgan fingerprint density at radius 2 is 1.95 bits per heavy atom. The van der Waals surface area contributed by atoms with Gasteiger partial charge in [0, 0.05) is 17.8 Å². The van der Waals surface area contributed by atoms with E-state index in [0.29, 0.717) is 36.1 Å². The molecule has 0 fully saturated rings. The highest BCUT2D eigenvalue weighted by molar-refractivity contribution is 8.02. The molecule has 20 heavy (non-hydrogen) atoms. The summed E-state index contributed by atoms with van der Waals surface area (Å²) >= 11 is 0.700. The van der Waals surface area contributed by atoms with Crippen LogP contribution in [0, 0.1) is 11.7 Å². The molecule has 0 radical (unpaired) electrons. The van der Waals surface area contributed by atoms with E-state index in [1.54, 1.807) is 12.1 Å². The van der Waals surface area contributed by atoms with Crippen LogP contribution in [-0.2, 0) is 14.0 Å². The molecule has 0 saturated heterocycles. The number of hydrogen-bond acceptors (Lipinski definition) is 5. The fourth-order valence-electron chi connectivity index (χ4n) is 1.40. The van der Waals surface area contributed by atoms with Crippen LogP contribution in [0.2, 0.25) is 0 Å². The maximum atomic E-state index is 12.7. The average Bonchev–Trinajstić information content (AvgIpc) is 2.36. The zero-order valence-corrected chi connectivity index (χ0v) is 12.6. The molecule has 0 saturated carbocycles. The van der Waals surface area contributed by atoms with Crippen molar-refractivity contribution in [2.45, 2.75) is 19.8 Å². The van der Waals surface area contributed by atoms with Crippen LogP contribution < -0.4 is 4.74 Å². The first-order valence-electron chi connectivity index (χ1n) is 6.03. The molecule has 0 aliphatic heterocycles. The van der Waals surface area contributed by atoms with Gasteiger partial charge in [0.05, 0.1) is 6.61 Å². The van der Waals surface area contributed by atoms with Gasteiger partial charge in [-0.2, -0.15) is 12.0 Å². The predicted molar refractivity (Wildman–Crippen MR) is 75.4 cm³/mol. The lowest BCUT2D eigenvalue weighted by Gasteiger charge is -2.11. The molecule has 1 atom stereocenters. The number of rotatable bonds is 9. The summed E-state index contributed by atoms with van der Waals surface area (Å²) in [5, 5.41) is 0. The molecule has 0 aromatic heterocycles. The minimum atomic E-state index is -4.37. The van der Waals surface area contributed by atoms with Crippen molar-refractivity contribution < 1.29 is 25.7 Å². The summed E-state index contributed by atoms with van der Waals surface area (Å²) in [5.74, 6) is 1.08. The molecule has 1 N–H and O–H groups in total. The summed E-state index contributed by atoms with van der Waals surface area (Å²) in [5.41, 5.74) is 0. The lowest BCUT2D eigenvalue weighted by Crippen LogP contribution is -2.06. The Hall–Kier alpha value is -0.830. The fourth-order valence-corrected chi connectivity index (χ4v) is 2.65. The van der Waals surface area contributed by atoms with Crippen molar-refractivity contribution in [1.29, 1.82) is 0 Å². The zero-order valence-electron chi connectivity index (χ0n) is 11.0. The molecule has 1 aromatic rings. The van der Waals surface area contributed by atoms with E-state index >= 15 is 0 Å². The van der Waals surface area contributed by atoms with Crippen molar-refractivity contribution in [3.8, 4) is 5.75 Å². The van der Waals surface area contributed by atoms with E-state index in [9.17, 15) is 12.8 Å². The Labute approximate surface area is 122 Å². The first-order valence-corrected chi connectivity index (χ1v) is 8.31. The van der Waals surface area contributed by atoms with Crippen LogP contribution in [0.15, 0.2) is 24.3 Å². The molecule has 0 aliphatic rings. The van der Waals surface area contributed by atoms with Crippen molar-refractivity contribution in [2.24, 2.45) is 5.92 Å². The lowest BCUT2D eigenvalue weighted by atomic mass is 10.1. The first-order chi connectivity index (χ1) is 9.37. The Kier molecular flexibility index (Phi) is 7.28. The molecule has 0 amide bonds. The van der Waals surface area contributed by atoms with Gasteiger partial charge in [0.2, 0.25) is 0 Å². The van der Waals surface area contributed by atoms with Gasteiger partial charge in [0.1, 0.15) is 11.6 Å². The smallest absolute Gasteiger partial charge is 0.408 e. The molecule has 0 aliphatic carbocycles. The SMILES string of the molecule is CC(CCOc1ccc(F)cc1)CCSOS(=O)(=O)O. The molecule has 1 aromatic carbocycles. The third-order valence-corrected chi connectivity index (χ3v) is 4.00. The van der Waals surface area contributed by atoms with Gasteiger partial charge in [0.15, 0.2) is 0 Å². The van der Waals surface area contributed by atoms with E-state index in [4.69, 9.17) is 9.29 Å². The summed E-state index contributed by atoms with van der Waals surface area (Å²) in [6.07, 6.45) is 1.51. The highest BCUT2D eigenvalue weighted by atomic mass is 32.3. The fraction of sp³-hybridized carbons (Fsp3) is 0.500. The Morgan fingerprint density at radius 1 is 1.30 bits per heavy atom. The summed E-state index contributed by atoms with van der Waals surface area (Å²) < 4.78 is 51.2. The second-order valence-corrected chi connectivity index (χ2v) is 6.35. The Bertz CT molecular complexity index is 489. The number of halogens is 1. The molecule has 1 rings (SSSR count). The van der Waals surface area contributed by atoms with Gasteiger partial charge in [0.25, 0.3) is 0 Å². The highest BCUT2D eigenvalue weighted by Gasteiger charge is 2.07. The monoisotopic (exact) mass is 324 g/mol. The maximum Gasteiger partial charge on any atom is 0.408 e. The molecule has 8 heteroatoms. The molecule has 5 nitrogen and oxygen atoms in total. The lowest BCUT2D eigenvalue weighted by molar-refractivity contribution is 0.281. The van der Waals surface area contributed by atoms with E-state index < -0.39 is 10.4 Å². The van der Waals surface area contributed by atoms with Crippen LogP contribution in [0.25, 0.3) is 0 Å². The number of hydrogen-bond donors (Lipinski definition) is 1. The van der Waals surface area contributed by atoms with Gasteiger partial charge in [-0.3, -0.25) is 4.55 Å². The molecule has 0 bridgehead atoms. The predicted octanol–water partition coefficient (Wildman–Crippen LogP) is 3.09. The van der Waals surface area contributed by atoms with Gasteiger partial charge >= 0.3 is 10.4 Å². The van der Waals surface area contributed by atoms with E-state index in [1.807, 2.05) is 6.92 Å². The van der Waals surface area contributed by atoms with Gasteiger partial charge in [-0.05, 0) is 43.0 Å². The summed E-state index contributed by atoms with van der Waals surface area (Å²) in [7, 11) is -4.37. The molecular weight excluding hydrogens is 307 g/mol.